The van der Waals surface area contributed by atoms with Crippen molar-refractivity contribution in [3.8, 4) is 5.75 Å². The molecule has 1 aliphatic heterocycles. The topological polar surface area (TPSA) is 24.5 Å². The Balaban J connectivity index is 2.08. The van der Waals surface area contributed by atoms with Gasteiger partial charge in [-0.25, -0.2) is 0 Å². The molecule has 0 aliphatic carbocycles. The SMILES string of the molecule is CC1CC(Nc2ccccc2OC(F)(F)F)CN1C. The number of hydrogen-bond donors (Lipinski definition) is 1. The summed E-state index contributed by atoms with van der Waals surface area (Å²) >= 11 is 0. The number of nitrogens with one attached hydrogen (secondary N) is 1. The van der Waals surface area contributed by atoms with E-state index in [2.05, 4.69) is 21.9 Å². The van der Waals surface area contributed by atoms with Crippen LogP contribution in [0.2, 0.25) is 0 Å². The average Bonchev–Trinajstić information content (AvgIpc) is 2.59. The molecule has 19 heavy (non-hydrogen) atoms. The lowest BCUT2D eigenvalue weighted by Gasteiger charge is -2.18. The largest absolute Gasteiger partial charge is 0.573 e. The average molecular weight is 274 g/mol. The number of rotatable bonds is 3. The van der Waals surface area contributed by atoms with Crippen molar-refractivity contribution in [2.24, 2.45) is 0 Å². The van der Waals surface area contributed by atoms with E-state index in [9.17, 15) is 13.2 Å². The van der Waals surface area contributed by atoms with E-state index < -0.39 is 6.36 Å². The van der Waals surface area contributed by atoms with Crippen LogP contribution in [0.4, 0.5) is 18.9 Å². The number of para-hydroxylation sites is 2. The van der Waals surface area contributed by atoms with Crippen molar-refractivity contribution in [2.45, 2.75) is 31.8 Å². The molecule has 1 heterocycles. The van der Waals surface area contributed by atoms with Crippen LogP contribution in [-0.4, -0.2) is 36.9 Å². The number of anilines is 1. The Kier molecular flexibility index (Phi) is 3.89. The number of hydrogen-bond acceptors (Lipinski definition) is 3. The molecule has 2 rings (SSSR count). The first kappa shape index (κ1) is 14.0. The summed E-state index contributed by atoms with van der Waals surface area (Å²) in [5.41, 5.74) is 0.382. The molecular formula is C13H17F3N2O. The Bertz CT molecular complexity index is 426. The standard InChI is InChI=1S/C13H17F3N2O/c1-9-7-10(8-18(9)2)17-11-5-3-4-6-12(11)19-13(14,15)16/h3-6,9-10,17H,7-8H2,1-2H3. The maximum absolute atomic E-state index is 12.3. The lowest BCUT2D eigenvalue weighted by atomic mass is 10.2. The molecule has 106 valence electrons. The summed E-state index contributed by atoms with van der Waals surface area (Å²) in [6.45, 7) is 2.90. The fraction of sp³-hybridized carbons (Fsp3) is 0.538. The molecule has 0 saturated carbocycles. The fourth-order valence-corrected chi connectivity index (χ4v) is 2.32. The van der Waals surface area contributed by atoms with E-state index in [1.165, 1.54) is 12.1 Å². The van der Waals surface area contributed by atoms with Crippen molar-refractivity contribution in [1.82, 2.24) is 4.90 Å². The van der Waals surface area contributed by atoms with Crippen molar-refractivity contribution in [2.75, 3.05) is 18.9 Å². The number of benzene rings is 1. The summed E-state index contributed by atoms with van der Waals surface area (Å²) in [7, 11) is 2.00. The lowest BCUT2D eigenvalue weighted by molar-refractivity contribution is -0.274. The third-order valence-electron chi connectivity index (χ3n) is 3.36. The molecule has 0 aromatic heterocycles. The molecule has 3 nitrogen and oxygen atoms in total. The summed E-state index contributed by atoms with van der Waals surface area (Å²) < 4.78 is 40.9. The monoisotopic (exact) mass is 274 g/mol. The first-order valence-electron chi connectivity index (χ1n) is 6.16. The van der Waals surface area contributed by atoms with Crippen molar-refractivity contribution < 1.29 is 17.9 Å². The zero-order valence-electron chi connectivity index (χ0n) is 10.9. The molecule has 0 radical (unpaired) electrons. The van der Waals surface area contributed by atoms with Crippen molar-refractivity contribution in [3.63, 3.8) is 0 Å². The zero-order valence-corrected chi connectivity index (χ0v) is 10.9. The summed E-state index contributed by atoms with van der Waals surface area (Å²) in [4.78, 5) is 2.17. The van der Waals surface area contributed by atoms with E-state index in [0.29, 0.717) is 11.7 Å². The molecular weight excluding hydrogens is 257 g/mol. The van der Waals surface area contributed by atoms with Gasteiger partial charge in [0.25, 0.3) is 0 Å². The number of likely N-dealkylation sites (N-methyl/N-ethyl adjacent to an activating group) is 1. The predicted molar refractivity (Wildman–Crippen MR) is 67.2 cm³/mol. The number of halogens is 3. The van der Waals surface area contributed by atoms with Crippen LogP contribution >= 0.6 is 0 Å². The molecule has 0 spiro atoms. The Morgan fingerprint density at radius 3 is 2.58 bits per heavy atom. The van der Waals surface area contributed by atoms with Gasteiger partial charge >= 0.3 is 6.36 Å². The minimum Gasteiger partial charge on any atom is -0.404 e. The van der Waals surface area contributed by atoms with Crippen LogP contribution in [0.1, 0.15) is 13.3 Å². The molecule has 0 amide bonds. The van der Waals surface area contributed by atoms with Gasteiger partial charge in [0, 0.05) is 18.6 Å². The third kappa shape index (κ3) is 3.76. The highest BCUT2D eigenvalue weighted by Gasteiger charge is 2.33. The molecule has 1 N–H and O–H groups in total. The van der Waals surface area contributed by atoms with Crippen LogP contribution in [-0.2, 0) is 0 Å². The van der Waals surface area contributed by atoms with Crippen molar-refractivity contribution in [1.29, 1.82) is 0 Å². The quantitative estimate of drug-likeness (QED) is 0.916. The summed E-state index contributed by atoms with van der Waals surface area (Å²) in [5, 5.41) is 3.13. The van der Waals surface area contributed by atoms with Gasteiger partial charge in [0.2, 0.25) is 0 Å². The second-order valence-corrected chi connectivity index (χ2v) is 4.91. The Morgan fingerprint density at radius 1 is 1.32 bits per heavy atom. The van der Waals surface area contributed by atoms with E-state index >= 15 is 0 Å². The molecule has 2 unspecified atom stereocenters. The number of ether oxygens (including phenoxy) is 1. The highest BCUT2D eigenvalue weighted by molar-refractivity contribution is 5.57. The van der Waals surface area contributed by atoms with Gasteiger partial charge in [-0.2, -0.15) is 0 Å². The van der Waals surface area contributed by atoms with E-state index in [0.717, 1.165) is 13.0 Å². The second-order valence-electron chi connectivity index (χ2n) is 4.91. The van der Waals surface area contributed by atoms with Crippen molar-refractivity contribution in [3.05, 3.63) is 24.3 Å². The van der Waals surface area contributed by atoms with Crippen LogP contribution in [0.15, 0.2) is 24.3 Å². The summed E-state index contributed by atoms with van der Waals surface area (Å²) in [6.07, 6.45) is -3.77. The molecule has 1 aromatic rings. The van der Waals surface area contributed by atoms with E-state index in [4.69, 9.17) is 0 Å². The summed E-state index contributed by atoms with van der Waals surface area (Å²) in [6, 6.07) is 6.69. The highest BCUT2D eigenvalue weighted by Crippen LogP contribution is 2.31. The molecule has 1 aromatic carbocycles. The minimum atomic E-state index is -4.67. The van der Waals surface area contributed by atoms with Gasteiger partial charge in [0.1, 0.15) is 0 Å². The Morgan fingerprint density at radius 2 is 2.00 bits per heavy atom. The maximum atomic E-state index is 12.3. The molecule has 2 atom stereocenters. The maximum Gasteiger partial charge on any atom is 0.573 e. The predicted octanol–water partition coefficient (Wildman–Crippen LogP) is 3.09. The first-order chi connectivity index (χ1) is 8.85. The van der Waals surface area contributed by atoms with E-state index in [1.54, 1.807) is 12.1 Å². The Hall–Kier alpha value is -1.43. The van der Waals surface area contributed by atoms with Gasteiger partial charge in [-0.15, -0.1) is 13.2 Å². The molecule has 1 aliphatic rings. The van der Waals surface area contributed by atoms with Gasteiger partial charge in [-0.1, -0.05) is 12.1 Å². The van der Waals surface area contributed by atoms with Crippen LogP contribution in [0, 0.1) is 0 Å². The summed E-state index contributed by atoms with van der Waals surface area (Å²) in [5.74, 6) is -0.183. The number of alkyl halides is 3. The number of nitrogens with zero attached hydrogens (tertiary/aromatic N) is 1. The van der Waals surface area contributed by atoms with Crippen LogP contribution in [0.5, 0.6) is 5.75 Å². The van der Waals surface area contributed by atoms with Crippen LogP contribution in [0.3, 0.4) is 0 Å². The van der Waals surface area contributed by atoms with Crippen LogP contribution < -0.4 is 10.1 Å². The van der Waals surface area contributed by atoms with Crippen molar-refractivity contribution >= 4 is 5.69 Å². The lowest BCUT2D eigenvalue weighted by Crippen LogP contribution is -2.25. The van der Waals surface area contributed by atoms with E-state index in [-0.39, 0.29) is 11.8 Å². The molecule has 6 heteroatoms. The van der Waals surface area contributed by atoms with Gasteiger partial charge in [0.15, 0.2) is 5.75 Å². The fourth-order valence-electron chi connectivity index (χ4n) is 2.32. The highest BCUT2D eigenvalue weighted by atomic mass is 19.4. The minimum absolute atomic E-state index is 0.137. The second kappa shape index (κ2) is 5.28. The van der Waals surface area contributed by atoms with Gasteiger partial charge in [-0.3, -0.25) is 0 Å². The van der Waals surface area contributed by atoms with Gasteiger partial charge in [0.05, 0.1) is 5.69 Å². The third-order valence-corrected chi connectivity index (χ3v) is 3.36. The number of likely N-dealkylation sites (tertiary alicyclic amines) is 1. The smallest absolute Gasteiger partial charge is 0.404 e. The normalized spacial score (nSPS) is 24.5. The molecule has 1 fully saturated rings. The molecule has 1 saturated heterocycles. The van der Waals surface area contributed by atoms with Crippen LogP contribution in [0.25, 0.3) is 0 Å². The van der Waals surface area contributed by atoms with Gasteiger partial charge in [-0.05, 0) is 32.5 Å². The Labute approximate surface area is 110 Å². The van der Waals surface area contributed by atoms with E-state index in [1.807, 2.05) is 7.05 Å². The van der Waals surface area contributed by atoms with Gasteiger partial charge < -0.3 is 15.0 Å². The zero-order chi connectivity index (χ0) is 14.0. The first-order valence-corrected chi connectivity index (χ1v) is 6.16. The molecule has 0 bridgehead atoms.